The Bertz CT molecular complexity index is 747. The zero-order valence-corrected chi connectivity index (χ0v) is 18.3. The van der Waals surface area contributed by atoms with Crippen molar-refractivity contribution in [2.45, 2.75) is 44.6 Å². The van der Waals surface area contributed by atoms with Gasteiger partial charge in [-0.2, -0.15) is 0 Å². The molecular formula is C24H34FN3O3. The summed E-state index contributed by atoms with van der Waals surface area (Å²) in [4.78, 5) is 32.3. The highest BCUT2D eigenvalue weighted by Gasteiger charge is 2.38. The molecule has 0 aromatic heterocycles. The van der Waals surface area contributed by atoms with E-state index in [1.807, 2.05) is 4.90 Å². The summed E-state index contributed by atoms with van der Waals surface area (Å²) in [6.45, 7) is 6.59. The number of piperidine rings is 1. The first-order chi connectivity index (χ1) is 15.1. The topological polar surface area (TPSA) is 53.1 Å². The van der Waals surface area contributed by atoms with E-state index in [4.69, 9.17) is 4.74 Å². The van der Waals surface area contributed by atoms with E-state index >= 15 is 0 Å². The van der Waals surface area contributed by atoms with Crippen molar-refractivity contribution in [1.82, 2.24) is 14.7 Å². The van der Waals surface area contributed by atoms with Gasteiger partial charge in [-0.25, -0.2) is 4.39 Å². The maximum atomic E-state index is 13.1. The maximum Gasteiger partial charge on any atom is 0.227 e. The summed E-state index contributed by atoms with van der Waals surface area (Å²) < 4.78 is 18.6. The average molecular weight is 432 g/mol. The fourth-order valence-corrected chi connectivity index (χ4v) is 4.65. The van der Waals surface area contributed by atoms with Crippen LogP contribution in [0.2, 0.25) is 0 Å². The zero-order valence-electron chi connectivity index (χ0n) is 18.3. The number of amides is 2. The molecule has 2 amide bonds. The van der Waals surface area contributed by atoms with Gasteiger partial charge in [0.2, 0.25) is 11.8 Å². The lowest BCUT2D eigenvalue weighted by molar-refractivity contribution is -0.140. The molecule has 1 atom stereocenters. The van der Waals surface area contributed by atoms with E-state index in [2.05, 4.69) is 9.80 Å². The number of carbonyl (C=O) groups is 2. The third-order valence-corrected chi connectivity index (χ3v) is 6.65. The van der Waals surface area contributed by atoms with Gasteiger partial charge in [-0.1, -0.05) is 12.1 Å². The standard InChI is InChI=1S/C24H34FN3O3/c25-21-8-4-19(5-9-21)17-23(29)27-11-1-3-22(18-27)28(24(30)20-6-7-20)12-2-10-26-13-15-31-16-14-26/h4-5,8-9,20,22H,1-3,6-7,10-18H2. The first-order valence-corrected chi connectivity index (χ1v) is 11.7. The Morgan fingerprint density at radius 3 is 2.52 bits per heavy atom. The lowest BCUT2D eigenvalue weighted by Crippen LogP contribution is -2.53. The third-order valence-electron chi connectivity index (χ3n) is 6.65. The highest BCUT2D eigenvalue weighted by molar-refractivity contribution is 5.82. The molecule has 1 saturated carbocycles. The SMILES string of the molecule is O=C(Cc1ccc(F)cc1)N1CCCC(N(CCCN2CCOCC2)C(=O)C2CC2)C1. The van der Waals surface area contributed by atoms with Crippen molar-refractivity contribution in [3.63, 3.8) is 0 Å². The van der Waals surface area contributed by atoms with Crippen LogP contribution in [0.15, 0.2) is 24.3 Å². The predicted molar refractivity (Wildman–Crippen MR) is 116 cm³/mol. The van der Waals surface area contributed by atoms with Crippen LogP contribution in [0.5, 0.6) is 0 Å². The van der Waals surface area contributed by atoms with E-state index in [-0.39, 0.29) is 36.0 Å². The maximum absolute atomic E-state index is 13.1. The molecule has 4 rings (SSSR count). The number of benzene rings is 1. The summed E-state index contributed by atoms with van der Waals surface area (Å²) in [5.41, 5.74) is 0.824. The van der Waals surface area contributed by atoms with Crippen LogP contribution in [-0.4, -0.2) is 85.0 Å². The van der Waals surface area contributed by atoms with Gasteiger partial charge in [0.1, 0.15) is 5.82 Å². The van der Waals surface area contributed by atoms with Crippen molar-refractivity contribution < 1.29 is 18.7 Å². The molecule has 0 spiro atoms. The Hall–Kier alpha value is -1.99. The van der Waals surface area contributed by atoms with E-state index in [1.165, 1.54) is 12.1 Å². The molecule has 7 heteroatoms. The second-order valence-electron chi connectivity index (χ2n) is 9.05. The van der Waals surface area contributed by atoms with Gasteiger partial charge in [-0.15, -0.1) is 0 Å². The monoisotopic (exact) mass is 431 g/mol. The fraction of sp³-hybridized carbons (Fsp3) is 0.667. The van der Waals surface area contributed by atoms with Gasteiger partial charge in [0.25, 0.3) is 0 Å². The van der Waals surface area contributed by atoms with Gasteiger partial charge in [-0.05, 0) is 49.8 Å². The number of ether oxygens (including phenoxy) is 1. The first kappa shape index (κ1) is 22.2. The van der Waals surface area contributed by atoms with Crippen LogP contribution in [0.1, 0.15) is 37.7 Å². The summed E-state index contributed by atoms with van der Waals surface area (Å²) >= 11 is 0. The van der Waals surface area contributed by atoms with Crippen molar-refractivity contribution in [2.75, 3.05) is 52.5 Å². The minimum Gasteiger partial charge on any atom is -0.379 e. The molecule has 3 fully saturated rings. The Morgan fingerprint density at radius 2 is 1.81 bits per heavy atom. The highest BCUT2D eigenvalue weighted by Crippen LogP contribution is 2.33. The zero-order chi connectivity index (χ0) is 21.6. The number of morpholine rings is 1. The molecule has 2 saturated heterocycles. The summed E-state index contributed by atoms with van der Waals surface area (Å²) in [5, 5.41) is 0. The normalized spacial score (nSPS) is 22.4. The van der Waals surface area contributed by atoms with Crippen LogP contribution in [-0.2, 0) is 20.7 Å². The molecule has 2 aliphatic heterocycles. The third kappa shape index (κ3) is 6.26. The number of rotatable bonds is 8. The van der Waals surface area contributed by atoms with Crippen LogP contribution in [0, 0.1) is 11.7 Å². The fourth-order valence-electron chi connectivity index (χ4n) is 4.65. The van der Waals surface area contributed by atoms with Crippen molar-refractivity contribution in [3.05, 3.63) is 35.6 Å². The summed E-state index contributed by atoms with van der Waals surface area (Å²) in [5.74, 6) is 0.234. The largest absolute Gasteiger partial charge is 0.379 e. The molecule has 1 aromatic carbocycles. The molecule has 3 aliphatic rings. The summed E-state index contributed by atoms with van der Waals surface area (Å²) in [7, 11) is 0. The molecule has 0 N–H and O–H groups in total. The lowest BCUT2D eigenvalue weighted by atomic mass is 10.0. The Balaban J connectivity index is 1.33. The van der Waals surface area contributed by atoms with Crippen LogP contribution >= 0.6 is 0 Å². The number of nitrogens with zero attached hydrogens (tertiary/aromatic N) is 3. The number of hydrogen-bond donors (Lipinski definition) is 0. The Kier molecular flexibility index (Phi) is 7.56. The van der Waals surface area contributed by atoms with E-state index in [9.17, 15) is 14.0 Å². The molecule has 31 heavy (non-hydrogen) atoms. The van der Waals surface area contributed by atoms with E-state index in [0.717, 1.165) is 83.6 Å². The molecule has 6 nitrogen and oxygen atoms in total. The predicted octanol–water partition coefficient (Wildman–Crippen LogP) is 2.32. The molecule has 0 bridgehead atoms. The number of hydrogen-bond acceptors (Lipinski definition) is 4. The molecule has 1 unspecified atom stereocenters. The second kappa shape index (κ2) is 10.6. The first-order valence-electron chi connectivity index (χ1n) is 11.7. The summed E-state index contributed by atoms with van der Waals surface area (Å²) in [6, 6.07) is 6.23. The van der Waals surface area contributed by atoms with E-state index in [0.29, 0.717) is 6.54 Å². The van der Waals surface area contributed by atoms with E-state index in [1.54, 1.807) is 12.1 Å². The lowest BCUT2D eigenvalue weighted by Gasteiger charge is -2.40. The minimum absolute atomic E-state index is 0.0587. The van der Waals surface area contributed by atoms with Crippen molar-refractivity contribution in [1.29, 1.82) is 0 Å². The van der Waals surface area contributed by atoms with Crippen LogP contribution in [0.4, 0.5) is 4.39 Å². The van der Waals surface area contributed by atoms with Gasteiger partial charge >= 0.3 is 0 Å². The van der Waals surface area contributed by atoms with Crippen molar-refractivity contribution in [2.24, 2.45) is 5.92 Å². The number of carbonyl (C=O) groups excluding carboxylic acids is 2. The van der Waals surface area contributed by atoms with Gasteiger partial charge in [0.15, 0.2) is 0 Å². The van der Waals surface area contributed by atoms with Gasteiger partial charge in [0, 0.05) is 51.2 Å². The number of likely N-dealkylation sites (tertiary alicyclic amines) is 1. The van der Waals surface area contributed by atoms with Crippen molar-refractivity contribution in [3.8, 4) is 0 Å². The van der Waals surface area contributed by atoms with Crippen molar-refractivity contribution >= 4 is 11.8 Å². The highest BCUT2D eigenvalue weighted by atomic mass is 19.1. The Labute approximate surface area is 184 Å². The molecule has 2 heterocycles. The van der Waals surface area contributed by atoms with Crippen LogP contribution in [0.3, 0.4) is 0 Å². The van der Waals surface area contributed by atoms with Gasteiger partial charge in [-0.3, -0.25) is 14.5 Å². The van der Waals surface area contributed by atoms with E-state index < -0.39 is 0 Å². The summed E-state index contributed by atoms with van der Waals surface area (Å²) in [6.07, 6.45) is 5.10. The average Bonchev–Trinajstić information content (AvgIpc) is 3.64. The second-order valence-corrected chi connectivity index (χ2v) is 9.05. The smallest absolute Gasteiger partial charge is 0.227 e. The molecule has 0 radical (unpaired) electrons. The van der Waals surface area contributed by atoms with Crippen LogP contribution in [0.25, 0.3) is 0 Å². The minimum atomic E-state index is -0.291. The molecule has 1 aliphatic carbocycles. The quantitative estimate of drug-likeness (QED) is 0.634. The molecular weight excluding hydrogens is 397 g/mol. The number of halogens is 1. The van der Waals surface area contributed by atoms with Crippen LogP contribution < -0.4 is 0 Å². The Morgan fingerprint density at radius 1 is 1.06 bits per heavy atom. The molecule has 1 aromatic rings. The molecule has 170 valence electrons. The van der Waals surface area contributed by atoms with Gasteiger partial charge < -0.3 is 14.5 Å². The van der Waals surface area contributed by atoms with Gasteiger partial charge in [0.05, 0.1) is 19.6 Å².